The van der Waals surface area contributed by atoms with E-state index in [1.54, 1.807) is 23.2 Å². The van der Waals surface area contributed by atoms with E-state index in [-0.39, 0.29) is 35.5 Å². The van der Waals surface area contributed by atoms with Gasteiger partial charge in [-0.15, -0.1) is 0 Å². The molecule has 1 atom stereocenters. The van der Waals surface area contributed by atoms with Gasteiger partial charge in [0, 0.05) is 42.6 Å². The fourth-order valence-electron chi connectivity index (χ4n) is 4.09. The van der Waals surface area contributed by atoms with Gasteiger partial charge in [-0.3, -0.25) is 19.1 Å². The van der Waals surface area contributed by atoms with E-state index in [1.807, 2.05) is 25.1 Å². The molecule has 8 nitrogen and oxygen atoms in total. The van der Waals surface area contributed by atoms with E-state index in [0.29, 0.717) is 24.5 Å². The lowest BCUT2D eigenvalue weighted by atomic mass is 10.0. The van der Waals surface area contributed by atoms with Gasteiger partial charge in [-0.1, -0.05) is 12.1 Å². The summed E-state index contributed by atoms with van der Waals surface area (Å²) in [4.78, 5) is 40.9. The molecule has 4 rings (SSSR count). The summed E-state index contributed by atoms with van der Waals surface area (Å²) in [5, 5.41) is 2.42. The van der Waals surface area contributed by atoms with Crippen LogP contribution in [0.4, 0.5) is 4.39 Å². The maximum atomic E-state index is 14.8. The molecular weight excluding hydrogens is 484 g/mol. The van der Waals surface area contributed by atoms with Gasteiger partial charge in [0.15, 0.2) is 0 Å². The van der Waals surface area contributed by atoms with Gasteiger partial charge in [-0.25, -0.2) is 4.39 Å². The number of carbonyl (C=O) groups is 2. The quantitative estimate of drug-likeness (QED) is 0.508. The molecule has 2 heterocycles. The number of halogens is 1. The monoisotopic (exact) mass is 511 g/mol. The lowest BCUT2D eigenvalue weighted by Gasteiger charge is -2.22. The van der Waals surface area contributed by atoms with Gasteiger partial charge in [0.1, 0.15) is 23.9 Å². The van der Waals surface area contributed by atoms with Crippen LogP contribution in [0.2, 0.25) is 0 Å². The van der Waals surface area contributed by atoms with Gasteiger partial charge >= 0.3 is 0 Å². The summed E-state index contributed by atoms with van der Waals surface area (Å²) in [6, 6.07) is 11.7. The second-order valence-corrected chi connectivity index (χ2v) is 10.9. The lowest BCUT2D eigenvalue weighted by molar-refractivity contribution is 0.0731. The molecule has 36 heavy (non-hydrogen) atoms. The van der Waals surface area contributed by atoms with Crippen molar-refractivity contribution >= 4 is 24.5 Å². The molecule has 2 N–H and O–H groups in total. The van der Waals surface area contributed by atoms with E-state index < -0.39 is 19.1 Å². The molecule has 2 aromatic carbocycles. The summed E-state index contributed by atoms with van der Waals surface area (Å²) in [5.41, 5.74) is 2.91. The smallest absolute Gasteiger partial charge is 0.269 e. The number of nitrogens with zero attached hydrogens (tertiary/aromatic N) is 2. The number of rotatable bonds is 5. The minimum Gasteiger partial charge on any atom is -0.491 e. The summed E-state index contributed by atoms with van der Waals surface area (Å²) in [6.45, 7) is 5.64. The normalized spacial score (nSPS) is 14.8. The van der Waals surface area contributed by atoms with Crippen LogP contribution in [-0.4, -0.2) is 53.0 Å². The highest BCUT2D eigenvalue weighted by Gasteiger charge is 2.27. The molecule has 188 valence electrons. The molecule has 1 aliphatic heterocycles. The van der Waals surface area contributed by atoms with Gasteiger partial charge in [-0.05, 0) is 55.3 Å². The molecule has 0 fully saturated rings. The topological polar surface area (TPSA) is 109 Å². The molecule has 10 heteroatoms. The van der Waals surface area contributed by atoms with Crippen LogP contribution < -0.4 is 15.4 Å². The molecule has 1 aliphatic rings. The minimum atomic E-state index is -3.81. The summed E-state index contributed by atoms with van der Waals surface area (Å²) in [5.74, 6) is -0.830. The molecule has 0 saturated heterocycles. The first-order valence-corrected chi connectivity index (χ1v) is 13.6. The van der Waals surface area contributed by atoms with Crippen LogP contribution in [-0.2, 0) is 11.1 Å². The standard InChI is InChI=1S/C26H27FN3O5P/c1-4-28-25(31)21-8-5-18(14-29-21)17-6-9-22-19(13-17)15-30(11-12-35-22)26(32)20-7-10-23(36(3,33)34)24(27)16(20)2/h5-10,13-14H,4,11-12,15H2,1-3H3,(H,28,31)(H,33,34). The SMILES string of the molecule is CCNC(=O)c1ccc(-c2ccc3c(c2)CN(C(=O)c2ccc(P(C)(=O)O)c(F)c2C)CCO3)cn1. The maximum Gasteiger partial charge on any atom is 0.269 e. The first-order valence-electron chi connectivity index (χ1n) is 11.5. The number of benzene rings is 2. The fourth-order valence-corrected chi connectivity index (χ4v) is 4.97. The number of hydrogen-bond acceptors (Lipinski definition) is 5. The predicted molar refractivity (Wildman–Crippen MR) is 134 cm³/mol. The van der Waals surface area contributed by atoms with Crippen molar-refractivity contribution in [1.82, 2.24) is 15.2 Å². The Bertz CT molecular complexity index is 1370. The highest BCUT2D eigenvalue weighted by molar-refractivity contribution is 7.65. The Morgan fingerprint density at radius 1 is 1.19 bits per heavy atom. The summed E-state index contributed by atoms with van der Waals surface area (Å²) >= 11 is 0. The van der Waals surface area contributed by atoms with Crippen LogP contribution in [0.1, 0.15) is 38.9 Å². The zero-order valence-corrected chi connectivity index (χ0v) is 21.1. The van der Waals surface area contributed by atoms with Crippen molar-refractivity contribution in [2.75, 3.05) is 26.4 Å². The Hall–Kier alpha value is -3.55. The van der Waals surface area contributed by atoms with Crippen molar-refractivity contribution in [3.8, 4) is 16.9 Å². The highest BCUT2D eigenvalue weighted by Crippen LogP contribution is 2.36. The van der Waals surface area contributed by atoms with Gasteiger partial charge in [0.2, 0.25) is 7.37 Å². The Balaban J connectivity index is 1.60. The van der Waals surface area contributed by atoms with Crippen molar-refractivity contribution in [3.05, 3.63) is 76.9 Å². The van der Waals surface area contributed by atoms with Crippen molar-refractivity contribution in [1.29, 1.82) is 0 Å². The zero-order chi connectivity index (χ0) is 26.0. The Kier molecular flexibility index (Phi) is 7.24. The summed E-state index contributed by atoms with van der Waals surface area (Å²) < 4.78 is 32.6. The summed E-state index contributed by atoms with van der Waals surface area (Å²) in [6.07, 6.45) is 1.62. The van der Waals surface area contributed by atoms with E-state index in [9.17, 15) is 23.4 Å². The highest BCUT2D eigenvalue weighted by atomic mass is 31.2. The van der Waals surface area contributed by atoms with Gasteiger partial charge in [0.05, 0.1) is 11.8 Å². The van der Waals surface area contributed by atoms with Crippen LogP contribution in [0.5, 0.6) is 5.75 Å². The number of amides is 2. The number of ether oxygens (including phenoxy) is 1. The van der Waals surface area contributed by atoms with Crippen molar-refractivity contribution in [2.24, 2.45) is 0 Å². The second kappa shape index (κ2) is 10.2. The molecular formula is C26H27FN3O5P. The maximum absolute atomic E-state index is 14.8. The van der Waals surface area contributed by atoms with Crippen LogP contribution in [0.3, 0.4) is 0 Å². The van der Waals surface area contributed by atoms with E-state index >= 15 is 0 Å². The molecule has 2 amide bonds. The number of carbonyl (C=O) groups excluding carboxylic acids is 2. The number of aromatic nitrogens is 1. The van der Waals surface area contributed by atoms with Gasteiger partial charge in [-0.2, -0.15) is 0 Å². The molecule has 0 aliphatic carbocycles. The second-order valence-electron chi connectivity index (χ2n) is 8.64. The third-order valence-electron chi connectivity index (χ3n) is 6.04. The number of hydrogen-bond donors (Lipinski definition) is 2. The first kappa shape index (κ1) is 25.5. The third kappa shape index (κ3) is 5.17. The Labute approximate surface area is 208 Å². The first-order chi connectivity index (χ1) is 17.1. The van der Waals surface area contributed by atoms with Crippen LogP contribution in [0.25, 0.3) is 11.1 Å². The number of nitrogens with one attached hydrogen (secondary N) is 1. The number of fused-ring (bicyclic) bond motifs is 1. The third-order valence-corrected chi connectivity index (χ3v) is 7.28. The van der Waals surface area contributed by atoms with E-state index in [2.05, 4.69) is 10.3 Å². The molecule has 0 spiro atoms. The van der Waals surface area contributed by atoms with Crippen molar-refractivity contribution in [3.63, 3.8) is 0 Å². The fraction of sp³-hybridized carbons (Fsp3) is 0.269. The van der Waals surface area contributed by atoms with E-state index in [4.69, 9.17) is 4.74 Å². The van der Waals surface area contributed by atoms with Crippen molar-refractivity contribution in [2.45, 2.75) is 20.4 Å². The molecule has 1 aromatic heterocycles. The molecule has 0 bridgehead atoms. The number of pyridine rings is 1. The Morgan fingerprint density at radius 2 is 1.94 bits per heavy atom. The molecule has 3 aromatic rings. The molecule has 1 unspecified atom stereocenters. The van der Waals surface area contributed by atoms with Gasteiger partial charge < -0.3 is 19.8 Å². The minimum absolute atomic E-state index is 0.0334. The van der Waals surface area contributed by atoms with Crippen molar-refractivity contribution < 1.29 is 28.2 Å². The average molecular weight is 511 g/mol. The average Bonchev–Trinajstić information content (AvgIpc) is 3.06. The van der Waals surface area contributed by atoms with E-state index in [1.165, 1.54) is 19.1 Å². The summed E-state index contributed by atoms with van der Waals surface area (Å²) in [7, 11) is -3.81. The lowest BCUT2D eigenvalue weighted by Crippen LogP contribution is -2.33. The van der Waals surface area contributed by atoms with Gasteiger partial charge in [0.25, 0.3) is 11.8 Å². The molecule has 0 radical (unpaired) electrons. The van der Waals surface area contributed by atoms with Crippen LogP contribution in [0, 0.1) is 12.7 Å². The predicted octanol–water partition coefficient (Wildman–Crippen LogP) is 3.51. The Morgan fingerprint density at radius 3 is 2.61 bits per heavy atom. The largest absolute Gasteiger partial charge is 0.491 e. The molecule has 0 saturated carbocycles. The van der Waals surface area contributed by atoms with E-state index in [0.717, 1.165) is 23.4 Å². The van der Waals surface area contributed by atoms with Crippen LogP contribution in [0.15, 0.2) is 48.7 Å². The zero-order valence-electron chi connectivity index (χ0n) is 20.2. The van der Waals surface area contributed by atoms with Crippen LogP contribution >= 0.6 is 7.37 Å².